The Morgan fingerprint density at radius 3 is 2.65 bits per heavy atom. The highest BCUT2D eigenvalue weighted by atomic mass is 16.5. The van der Waals surface area contributed by atoms with Crippen molar-refractivity contribution in [2.75, 3.05) is 12.3 Å². The SMILES string of the molecule is CCc1nc(C)cc(=O)n1CCOc1ccc(N)cc1. The molecule has 1 aromatic heterocycles. The van der Waals surface area contributed by atoms with Gasteiger partial charge in [-0.25, -0.2) is 4.98 Å². The number of hydrogen-bond donors (Lipinski definition) is 1. The van der Waals surface area contributed by atoms with Crippen molar-refractivity contribution in [3.05, 3.63) is 52.2 Å². The van der Waals surface area contributed by atoms with Gasteiger partial charge in [-0.1, -0.05) is 6.92 Å². The number of ether oxygens (including phenoxy) is 1. The van der Waals surface area contributed by atoms with Crippen LogP contribution in [0.15, 0.2) is 35.1 Å². The van der Waals surface area contributed by atoms with Gasteiger partial charge in [-0.2, -0.15) is 0 Å². The van der Waals surface area contributed by atoms with Crippen molar-refractivity contribution in [3.63, 3.8) is 0 Å². The number of nitrogens with zero attached hydrogens (tertiary/aromatic N) is 2. The summed E-state index contributed by atoms with van der Waals surface area (Å²) in [6.07, 6.45) is 0.721. The number of benzene rings is 1. The van der Waals surface area contributed by atoms with Gasteiger partial charge in [0.2, 0.25) is 0 Å². The van der Waals surface area contributed by atoms with Crippen LogP contribution < -0.4 is 16.0 Å². The van der Waals surface area contributed by atoms with Crippen LogP contribution in [-0.2, 0) is 13.0 Å². The fourth-order valence-corrected chi connectivity index (χ4v) is 2.01. The predicted octanol–water partition coefficient (Wildman–Crippen LogP) is 1.78. The molecule has 0 aliphatic rings. The van der Waals surface area contributed by atoms with Crippen LogP contribution in [0.3, 0.4) is 0 Å². The van der Waals surface area contributed by atoms with E-state index in [1.807, 2.05) is 26.0 Å². The molecule has 0 atom stereocenters. The van der Waals surface area contributed by atoms with E-state index >= 15 is 0 Å². The van der Waals surface area contributed by atoms with E-state index in [4.69, 9.17) is 10.5 Å². The molecule has 5 nitrogen and oxygen atoms in total. The first-order chi connectivity index (χ1) is 9.60. The van der Waals surface area contributed by atoms with Gasteiger partial charge in [-0.15, -0.1) is 0 Å². The summed E-state index contributed by atoms with van der Waals surface area (Å²) in [6.45, 7) is 4.72. The third-order valence-electron chi connectivity index (χ3n) is 3.00. The quantitative estimate of drug-likeness (QED) is 0.843. The molecular weight excluding hydrogens is 254 g/mol. The lowest BCUT2D eigenvalue weighted by atomic mass is 10.3. The van der Waals surface area contributed by atoms with Gasteiger partial charge in [-0.05, 0) is 31.2 Å². The first-order valence-corrected chi connectivity index (χ1v) is 6.66. The minimum Gasteiger partial charge on any atom is -0.492 e. The van der Waals surface area contributed by atoms with Crippen molar-refractivity contribution in [2.24, 2.45) is 0 Å². The van der Waals surface area contributed by atoms with E-state index in [-0.39, 0.29) is 5.56 Å². The van der Waals surface area contributed by atoms with Gasteiger partial charge >= 0.3 is 0 Å². The van der Waals surface area contributed by atoms with Gasteiger partial charge in [0.25, 0.3) is 5.56 Å². The Labute approximate surface area is 118 Å². The fraction of sp³-hybridized carbons (Fsp3) is 0.333. The van der Waals surface area contributed by atoms with Crippen LogP contribution in [0.4, 0.5) is 5.69 Å². The average molecular weight is 273 g/mol. The molecule has 0 aliphatic carbocycles. The van der Waals surface area contributed by atoms with Crippen LogP contribution in [0.1, 0.15) is 18.4 Å². The summed E-state index contributed by atoms with van der Waals surface area (Å²) in [5.74, 6) is 1.53. The molecule has 0 amide bonds. The molecule has 0 spiro atoms. The first kappa shape index (κ1) is 14.1. The van der Waals surface area contributed by atoms with Crippen molar-refractivity contribution >= 4 is 5.69 Å². The van der Waals surface area contributed by atoms with Crippen LogP contribution in [0, 0.1) is 6.92 Å². The van der Waals surface area contributed by atoms with Gasteiger partial charge in [0, 0.05) is 23.9 Å². The Bertz CT molecular complexity index is 633. The molecule has 2 aromatic rings. The second kappa shape index (κ2) is 6.23. The van der Waals surface area contributed by atoms with Gasteiger partial charge < -0.3 is 10.5 Å². The Hall–Kier alpha value is -2.30. The van der Waals surface area contributed by atoms with Crippen molar-refractivity contribution in [1.29, 1.82) is 0 Å². The molecule has 2 rings (SSSR count). The highest BCUT2D eigenvalue weighted by Crippen LogP contribution is 2.12. The zero-order chi connectivity index (χ0) is 14.5. The van der Waals surface area contributed by atoms with Gasteiger partial charge in [-0.3, -0.25) is 9.36 Å². The van der Waals surface area contributed by atoms with Gasteiger partial charge in [0.1, 0.15) is 18.2 Å². The van der Waals surface area contributed by atoms with Crippen LogP contribution in [-0.4, -0.2) is 16.2 Å². The minimum absolute atomic E-state index is 0.0322. The summed E-state index contributed by atoms with van der Waals surface area (Å²) in [5.41, 5.74) is 7.03. The molecule has 0 bridgehead atoms. The number of aryl methyl sites for hydroxylation is 2. The first-order valence-electron chi connectivity index (χ1n) is 6.66. The van der Waals surface area contributed by atoms with Crippen LogP contribution in [0.25, 0.3) is 0 Å². The van der Waals surface area contributed by atoms with Crippen molar-refractivity contribution < 1.29 is 4.74 Å². The molecule has 106 valence electrons. The summed E-state index contributed by atoms with van der Waals surface area (Å²) in [7, 11) is 0. The molecule has 1 aromatic carbocycles. The molecule has 0 saturated heterocycles. The monoisotopic (exact) mass is 273 g/mol. The lowest BCUT2D eigenvalue weighted by Crippen LogP contribution is -2.27. The minimum atomic E-state index is -0.0322. The molecule has 0 fully saturated rings. The van der Waals surface area contributed by atoms with Crippen molar-refractivity contribution in [3.8, 4) is 5.75 Å². The lowest BCUT2D eigenvalue weighted by molar-refractivity contribution is 0.293. The van der Waals surface area contributed by atoms with Gasteiger partial charge in [0.05, 0.1) is 6.54 Å². The summed E-state index contributed by atoms with van der Waals surface area (Å²) >= 11 is 0. The van der Waals surface area contributed by atoms with Crippen molar-refractivity contribution in [1.82, 2.24) is 9.55 Å². The Morgan fingerprint density at radius 2 is 2.00 bits per heavy atom. The van der Waals surface area contributed by atoms with Gasteiger partial charge in [0.15, 0.2) is 0 Å². The average Bonchev–Trinajstić information content (AvgIpc) is 2.42. The van der Waals surface area contributed by atoms with Crippen LogP contribution in [0.5, 0.6) is 5.75 Å². The molecule has 0 saturated carbocycles. The second-order valence-electron chi connectivity index (χ2n) is 4.57. The highest BCUT2D eigenvalue weighted by Gasteiger charge is 2.05. The van der Waals surface area contributed by atoms with Crippen LogP contribution in [0.2, 0.25) is 0 Å². The zero-order valence-electron chi connectivity index (χ0n) is 11.8. The summed E-state index contributed by atoms with van der Waals surface area (Å²) in [4.78, 5) is 16.3. The Morgan fingerprint density at radius 1 is 1.30 bits per heavy atom. The zero-order valence-corrected chi connectivity index (χ0v) is 11.8. The summed E-state index contributed by atoms with van der Waals surface area (Å²) < 4.78 is 7.26. The Balaban J connectivity index is 2.04. The molecule has 20 heavy (non-hydrogen) atoms. The standard InChI is InChI=1S/C15H19N3O2/c1-3-14-17-11(2)10-15(19)18(14)8-9-20-13-6-4-12(16)5-7-13/h4-7,10H,3,8-9,16H2,1-2H3. The van der Waals surface area contributed by atoms with E-state index in [0.717, 1.165) is 23.7 Å². The summed E-state index contributed by atoms with van der Waals surface area (Å²) in [6, 6.07) is 8.74. The lowest BCUT2D eigenvalue weighted by Gasteiger charge is -2.12. The molecule has 0 radical (unpaired) electrons. The number of anilines is 1. The fourth-order valence-electron chi connectivity index (χ4n) is 2.01. The normalized spacial score (nSPS) is 10.5. The molecular formula is C15H19N3O2. The number of nitrogens with two attached hydrogens (primary N) is 1. The van der Waals surface area contributed by atoms with E-state index in [1.165, 1.54) is 0 Å². The molecule has 0 aliphatic heterocycles. The van der Waals surface area contributed by atoms with Crippen LogP contribution >= 0.6 is 0 Å². The largest absolute Gasteiger partial charge is 0.492 e. The molecule has 5 heteroatoms. The highest BCUT2D eigenvalue weighted by molar-refractivity contribution is 5.41. The topological polar surface area (TPSA) is 70.1 Å². The second-order valence-corrected chi connectivity index (χ2v) is 4.57. The maximum atomic E-state index is 12.0. The van der Waals surface area contributed by atoms with E-state index in [0.29, 0.717) is 18.8 Å². The van der Waals surface area contributed by atoms with E-state index in [1.54, 1.807) is 22.8 Å². The third-order valence-corrected chi connectivity index (χ3v) is 3.00. The van der Waals surface area contributed by atoms with Crippen molar-refractivity contribution in [2.45, 2.75) is 26.8 Å². The molecule has 2 N–H and O–H groups in total. The third kappa shape index (κ3) is 3.38. The maximum Gasteiger partial charge on any atom is 0.253 e. The van der Waals surface area contributed by atoms with E-state index in [2.05, 4.69) is 4.98 Å². The maximum absolute atomic E-state index is 12.0. The number of aromatic nitrogens is 2. The number of rotatable bonds is 5. The van der Waals surface area contributed by atoms with E-state index < -0.39 is 0 Å². The molecule has 1 heterocycles. The summed E-state index contributed by atoms with van der Waals surface area (Å²) in [5, 5.41) is 0. The smallest absolute Gasteiger partial charge is 0.253 e. The Kier molecular flexibility index (Phi) is 4.40. The van der Waals surface area contributed by atoms with E-state index in [9.17, 15) is 4.79 Å². The number of hydrogen-bond acceptors (Lipinski definition) is 4. The molecule has 0 unspecified atom stereocenters. The predicted molar refractivity (Wildman–Crippen MR) is 79.0 cm³/mol. The number of nitrogen functional groups attached to an aromatic ring is 1.